The maximum atomic E-state index is 2.56. The van der Waals surface area contributed by atoms with Crippen molar-refractivity contribution < 1.29 is 0 Å². The average molecular weight is 463 g/mol. The number of hydrogen-bond donors (Lipinski definition) is 0. The molecule has 2 atom stereocenters. The third kappa shape index (κ3) is 4.43. The van der Waals surface area contributed by atoms with E-state index in [1.54, 1.807) is 20.3 Å². The van der Waals surface area contributed by atoms with E-state index in [1.807, 2.05) is 31.5 Å². The minimum absolute atomic E-state index is 0.937. The molecule has 150 valence electrons. The summed E-state index contributed by atoms with van der Waals surface area (Å²) < 4.78 is 3.73. The van der Waals surface area contributed by atoms with Gasteiger partial charge in [-0.1, -0.05) is 0 Å². The van der Waals surface area contributed by atoms with Crippen molar-refractivity contribution in [2.24, 2.45) is 11.8 Å². The van der Waals surface area contributed by atoms with Crippen molar-refractivity contribution in [1.29, 1.82) is 0 Å². The molecule has 0 fully saturated rings. The molecule has 0 nitrogen and oxygen atoms in total. The summed E-state index contributed by atoms with van der Waals surface area (Å²) >= 11 is 1.77. The molecule has 0 aromatic carbocycles. The van der Waals surface area contributed by atoms with Crippen LogP contribution in [-0.4, -0.2) is 13.3 Å². The zero-order valence-electron chi connectivity index (χ0n) is 17.9. The first kappa shape index (κ1) is 21.6. The molecule has 27 heavy (non-hydrogen) atoms. The quantitative estimate of drug-likeness (QED) is 0.282. The summed E-state index contributed by atoms with van der Waals surface area (Å²) in [6.07, 6.45) is 11.2. The Hall–Kier alpha value is -0.0571. The summed E-state index contributed by atoms with van der Waals surface area (Å²) in [5.41, 5.74) is 0. The van der Waals surface area contributed by atoms with Crippen LogP contribution in [0, 0.1) is 11.8 Å². The van der Waals surface area contributed by atoms with Gasteiger partial charge in [0.05, 0.1) is 0 Å². The standard InChI is InChI=1S/C24H38GeS2/c1-5-9-11-19(7-3)17-25(18-20(8-4)12-10-6-2)21-13-15-26-23(21)24-22(25)14-16-27-24/h13-16,19-20H,5-12,17-18H2,1-4H3. The molecule has 1 aliphatic rings. The van der Waals surface area contributed by atoms with Gasteiger partial charge < -0.3 is 0 Å². The summed E-state index contributed by atoms with van der Waals surface area (Å²) in [6.45, 7) is 9.60. The molecule has 0 amide bonds. The molecule has 3 rings (SSSR count). The van der Waals surface area contributed by atoms with Gasteiger partial charge in [0.15, 0.2) is 0 Å². The molecule has 1 aliphatic heterocycles. The fourth-order valence-corrected chi connectivity index (χ4v) is 23.8. The van der Waals surface area contributed by atoms with Crippen molar-refractivity contribution in [3.63, 3.8) is 0 Å². The minimum atomic E-state index is -2.28. The van der Waals surface area contributed by atoms with Crippen LogP contribution in [0.3, 0.4) is 0 Å². The fraction of sp³-hybridized carbons (Fsp3) is 0.667. The third-order valence-corrected chi connectivity index (χ3v) is 21.1. The Morgan fingerprint density at radius 1 is 0.741 bits per heavy atom. The molecule has 0 radical (unpaired) electrons. The summed E-state index contributed by atoms with van der Waals surface area (Å²) in [4.78, 5) is 3.35. The van der Waals surface area contributed by atoms with Gasteiger partial charge in [0, 0.05) is 0 Å². The van der Waals surface area contributed by atoms with Gasteiger partial charge in [0.25, 0.3) is 0 Å². The van der Waals surface area contributed by atoms with Crippen molar-refractivity contribution in [3.05, 3.63) is 22.9 Å². The van der Waals surface area contributed by atoms with Gasteiger partial charge in [-0.15, -0.1) is 0 Å². The molecule has 3 heteroatoms. The van der Waals surface area contributed by atoms with Gasteiger partial charge in [0.1, 0.15) is 0 Å². The average Bonchev–Trinajstić information content (AvgIpc) is 3.39. The van der Waals surface area contributed by atoms with E-state index in [0.29, 0.717) is 0 Å². The van der Waals surface area contributed by atoms with Crippen molar-refractivity contribution in [3.8, 4) is 9.75 Å². The summed E-state index contributed by atoms with van der Waals surface area (Å²) in [5.74, 6) is 1.87. The number of rotatable bonds is 12. The summed E-state index contributed by atoms with van der Waals surface area (Å²) in [6, 6.07) is 5.12. The first-order valence-electron chi connectivity index (χ1n) is 11.4. The molecule has 0 saturated heterocycles. The van der Waals surface area contributed by atoms with E-state index in [4.69, 9.17) is 0 Å². The van der Waals surface area contributed by atoms with Gasteiger partial charge in [-0.05, 0) is 0 Å². The Kier molecular flexibility index (Phi) is 8.11. The number of thiophene rings is 2. The monoisotopic (exact) mass is 464 g/mol. The predicted octanol–water partition coefficient (Wildman–Crippen LogP) is 7.79. The first-order valence-corrected chi connectivity index (χ1v) is 18.2. The third-order valence-electron chi connectivity index (χ3n) is 6.93. The van der Waals surface area contributed by atoms with Crippen LogP contribution in [-0.2, 0) is 0 Å². The molecule has 2 aromatic heterocycles. The summed E-state index contributed by atoms with van der Waals surface area (Å²) in [5, 5.41) is 7.89. The Bertz CT molecular complexity index is 639. The number of fused-ring (bicyclic) bond motifs is 3. The maximum absolute atomic E-state index is 2.56. The second-order valence-corrected chi connectivity index (χ2v) is 19.0. The molecule has 3 heterocycles. The first-order chi connectivity index (χ1) is 13.2. The van der Waals surface area contributed by atoms with Crippen molar-refractivity contribution in [2.75, 3.05) is 0 Å². The Morgan fingerprint density at radius 3 is 1.56 bits per heavy atom. The van der Waals surface area contributed by atoms with E-state index >= 15 is 0 Å². The van der Waals surface area contributed by atoms with Crippen LogP contribution in [0.2, 0.25) is 10.5 Å². The number of hydrogen-bond acceptors (Lipinski definition) is 2. The van der Waals surface area contributed by atoms with E-state index < -0.39 is 13.3 Å². The van der Waals surface area contributed by atoms with E-state index in [0.717, 1.165) is 11.8 Å². The van der Waals surface area contributed by atoms with Crippen LogP contribution in [0.4, 0.5) is 0 Å². The topological polar surface area (TPSA) is 0 Å². The van der Waals surface area contributed by atoms with Gasteiger partial charge in [-0.3, -0.25) is 0 Å². The van der Waals surface area contributed by atoms with E-state index in [-0.39, 0.29) is 0 Å². The van der Waals surface area contributed by atoms with Crippen molar-refractivity contribution in [2.45, 2.75) is 89.6 Å². The van der Waals surface area contributed by atoms with E-state index in [2.05, 4.69) is 50.6 Å². The van der Waals surface area contributed by atoms with Gasteiger partial charge in [-0.2, -0.15) is 0 Å². The molecule has 2 aromatic rings. The molecule has 0 bridgehead atoms. The fourth-order valence-electron chi connectivity index (χ4n) is 5.26. The second-order valence-electron chi connectivity index (χ2n) is 8.65. The van der Waals surface area contributed by atoms with E-state index in [9.17, 15) is 0 Å². The Morgan fingerprint density at radius 2 is 1.19 bits per heavy atom. The van der Waals surface area contributed by atoms with Crippen molar-refractivity contribution >= 4 is 44.7 Å². The molecular formula is C24H38GeS2. The number of unbranched alkanes of at least 4 members (excludes halogenated alkanes) is 2. The van der Waals surface area contributed by atoms with Gasteiger partial charge >= 0.3 is 179 Å². The molecule has 0 saturated carbocycles. The molecular weight excluding hydrogens is 425 g/mol. The Labute approximate surface area is 178 Å². The predicted molar refractivity (Wildman–Crippen MR) is 129 cm³/mol. The van der Waals surface area contributed by atoms with Crippen LogP contribution in [0.1, 0.15) is 79.1 Å². The zero-order valence-corrected chi connectivity index (χ0v) is 21.6. The van der Waals surface area contributed by atoms with Crippen molar-refractivity contribution in [1.82, 2.24) is 0 Å². The molecule has 2 unspecified atom stereocenters. The van der Waals surface area contributed by atoms with Crippen LogP contribution in [0.25, 0.3) is 9.75 Å². The van der Waals surface area contributed by atoms with Crippen LogP contribution in [0.5, 0.6) is 0 Å². The molecule has 0 aliphatic carbocycles. The Balaban J connectivity index is 1.97. The van der Waals surface area contributed by atoms with Crippen LogP contribution in [0.15, 0.2) is 22.9 Å². The normalized spacial score (nSPS) is 16.9. The van der Waals surface area contributed by atoms with E-state index in [1.165, 1.54) is 51.4 Å². The summed E-state index contributed by atoms with van der Waals surface area (Å²) in [7, 11) is 0. The zero-order chi connectivity index (χ0) is 19.3. The van der Waals surface area contributed by atoms with Gasteiger partial charge in [-0.25, -0.2) is 0 Å². The SMILES string of the molecule is CCCCC(CC)[CH2][Ge]1([CH2]C(CC)CCCC)[c]2ccsc2-c2scc[c]21. The molecule has 0 N–H and O–H groups in total. The molecule has 0 spiro atoms. The van der Waals surface area contributed by atoms with Crippen LogP contribution >= 0.6 is 22.7 Å². The van der Waals surface area contributed by atoms with Gasteiger partial charge in [0.2, 0.25) is 0 Å². The van der Waals surface area contributed by atoms with Crippen LogP contribution < -0.4 is 8.79 Å². The second kappa shape index (κ2) is 10.1.